The van der Waals surface area contributed by atoms with Crippen LogP contribution in [-0.2, 0) is 0 Å². The van der Waals surface area contributed by atoms with Gasteiger partial charge in [0.15, 0.2) is 0 Å². The Morgan fingerprint density at radius 3 is 2.06 bits per heavy atom. The Balaban J connectivity index is 2.86. The maximum absolute atomic E-state index is 3.78. The lowest BCUT2D eigenvalue weighted by molar-refractivity contribution is 0.415. The van der Waals surface area contributed by atoms with Crippen LogP contribution in [0.5, 0.6) is 0 Å². The molecule has 102 valence electrons. The SMILES string of the molecule is CCCC(CC)NC(C)c1c(C)cc(C)cc1C. The van der Waals surface area contributed by atoms with Crippen molar-refractivity contribution in [3.8, 4) is 0 Å². The van der Waals surface area contributed by atoms with Crippen molar-refractivity contribution in [3.05, 3.63) is 34.4 Å². The van der Waals surface area contributed by atoms with Gasteiger partial charge >= 0.3 is 0 Å². The molecule has 0 bridgehead atoms. The van der Waals surface area contributed by atoms with E-state index in [0.29, 0.717) is 12.1 Å². The van der Waals surface area contributed by atoms with Gasteiger partial charge in [-0.2, -0.15) is 0 Å². The lowest BCUT2D eigenvalue weighted by Crippen LogP contribution is -2.31. The molecule has 1 nitrogen and oxygen atoms in total. The Bertz CT molecular complexity index is 358. The van der Waals surface area contributed by atoms with Crippen LogP contribution in [-0.4, -0.2) is 6.04 Å². The lowest BCUT2D eigenvalue weighted by atomic mass is 9.94. The largest absolute Gasteiger partial charge is 0.307 e. The minimum atomic E-state index is 0.446. The fraction of sp³-hybridized carbons (Fsp3) is 0.647. The van der Waals surface area contributed by atoms with Gasteiger partial charge in [0.05, 0.1) is 0 Å². The number of hydrogen-bond acceptors (Lipinski definition) is 1. The predicted octanol–water partition coefficient (Wildman–Crippen LogP) is 4.84. The van der Waals surface area contributed by atoms with Gasteiger partial charge in [-0.3, -0.25) is 0 Å². The molecule has 0 fully saturated rings. The zero-order valence-corrected chi connectivity index (χ0v) is 12.9. The Hall–Kier alpha value is -0.820. The number of aryl methyl sites for hydroxylation is 3. The standard InChI is InChI=1S/C17H29N/c1-7-9-16(8-2)18-15(6)17-13(4)10-12(3)11-14(17)5/h10-11,15-16,18H,7-9H2,1-6H3. The average Bonchev–Trinajstić information content (AvgIpc) is 2.26. The van der Waals surface area contributed by atoms with Crippen molar-refractivity contribution < 1.29 is 0 Å². The van der Waals surface area contributed by atoms with Gasteiger partial charge in [0.25, 0.3) is 0 Å². The van der Waals surface area contributed by atoms with Crippen molar-refractivity contribution in [2.45, 2.75) is 72.9 Å². The molecule has 1 N–H and O–H groups in total. The number of benzene rings is 1. The summed E-state index contributed by atoms with van der Waals surface area (Å²) in [5.41, 5.74) is 5.68. The number of rotatable bonds is 6. The summed E-state index contributed by atoms with van der Waals surface area (Å²) in [6.07, 6.45) is 3.73. The predicted molar refractivity (Wildman–Crippen MR) is 81.2 cm³/mol. The molecule has 0 amide bonds. The third-order valence-electron chi connectivity index (χ3n) is 3.79. The normalized spacial score (nSPS) is 14.6. The van der Waals surface area contributed by atoms with Crippen molar-refractivity contribution in [1.82, 2.24) is 5.32 Å². The van der Waals surface area contributed by atoms with Crippen LogP contribution in [0.3, 0.4) is 0 Å². The average molecular weight is 247 g/mol. The molecule has 1 heteroatoms. The molecule has 1 aromatic carbocycles. The summed E-state index contributed by atoms with van der Waals surface area (Å²) < 4.78 is 0. The van der Waals surface area contributed by atoms with Crippen LogP contribution >= 0.6 is 0 Å². The van der Waals surface area contributed by atoms with Crippen LogP contribution < -0.4 is 5.32 Å². The summed E-state index contributed by atoms with van der Waals surface area (Å²) in [4.78, 5) is 0. The highest BCUT2D eigenvalue weighted by Gasteiger charge is 2.15. The minimum Gasteiger partial charge on any atom is -0.307 e. The van der Waals surface area contributed by atoms with Crippen molar-refractivity contribution >= 4 is 0 Å². The first-order valence-electron chi connectivity index (χ1n) is 7.33. The van der Waals surface area contributed by atoms with Gasteiger partial charge in [0.2, 0.25) is 0 Å². The first-order valence-corrected chi connectivity index (χ1v) is 7.33. The maximum atomic E-state index is 3.78. The van der Waals surface area contributed by atoms with E-state index in [1.165, 1.54) is 41.5 Å². The highest BCUT2D eigenvalue weighted by Crippen LogP contribution is 2.24. The van der Waals surface area contributed by atoms with Crippen molar-refractivity contribution in [2.75, 3.05) is 0 Å². The minimum absolute atomic E-state index is 0.446. The van der Waals surface area contributed by atoms with Crippen LogP contribution in [0.1, 0.15) is 68.3 Å². The first kappa shape index (κ1) is 15.2. The molecular weight excluding hydrogens is 218 g/mol. The monoisotopic (exact) mass is 247 g/mol. The molecule has 0 saturated heterocycles. The van der Waals surface area contributed by atoms with Crippen molar-refractivity contribution in [1.29, 1.82) is 0 Å². The Kier molecular flexibility index (Phi) is 5.87. The summed E-state index contributed by atoms with van der Waals surface area (Å²) in [7, 11) is 0. The van der Waals surface area contributed by atoms with Gasteiger partial charge in [0.1, 0.15) is 0 Å². The third kappa shape index (κ3) is 3.84. The second-order valence-corrected chi connectivity index (χ2v) is 5.59. The highest BCUT2D eigenvalue weighted by atomic mass is 14.9. The summed E-state index contributed by atoms with van der Waals surface area (Å²) >= 11 is 0. The second-order valence-electron chi connectivity index (χ2n) is 5.59. The molecule has 1 rings (SSSR count). The quantitative estimate of drug-likeness (QED) is 0.758. The molecular formula is C17H29N. The van der Waals surface area contributed by atoms with E-state index in [4.69, 9.17) is 0 Å². The molecule has 0 aliphatic carbocycles. The van der Waals surface area contributed by atoms with Crippen molar-refractivity contribution in [3.63, 3.8) is 0 Å². The fourth-order valence-corrected chi connectivity index (χ4v) is 3.06. The van der Waals surface area contributed by atoms with Crippen molar-refractivity contribution in [2.24, 2.45) is 0 Å². The summed E-state index contributed by atoms with van der Waals surface area (Å²) in [5, 5.41) is 3.78. The Morgan fingerprint density at radius 1 is 1.06 bits per heavy atom. The van der Waals surface area contributed by atoms with Crippen LogP contribution in [0.4, 0.5) is 0 Å². The molecule has 2 unspecified atom stereocenters. The maximum Gasteiger partial charge on any atom is 0.0299 e. The van der Waals surface area contributed by atoms with E-state index in [9.17, 15) is 0 Å². The highest BCUT2D eigenvalue weighted by molar-refractivity contribution is 5.39. The van der Waals surface area contributed by atoms with E-state index >= 15 is 0 Å². The Morgan fingerprint density at radius 2 is 1.61 bits per heavy atom. The molecule has 1 aromatic rings. The topological polar surface area (TPSA) is 12.0 Å². The zero-order chi connectivity index (χ0) is 13.7. The molecule has 0 radical (unpaired) electrons. The fourth-order valence-electron chi connectivity index (χ4n) is 3.06. The number of hydrogen-bond donors (Lipinski definition) is 1. The smallest absolute Gasteiger partial charge is 0.0299 e. The molecule has 0 aliphatic rings. The van der Waals surface area contributed by atoms with E-state index in [2.05, 4.69) is 59.0 Å². The lowest BCUT2D eigenvalue weighted by Gasteiger charge is -2.25. The molecule has 2 atom stereocenters. The summed E-state index contributed by atoms with van der Waals surface area (Å²) in [6, 6.07) is 5.68. The van der Waals surface area contributed by atoms with Crippen LogP contribution in [0, 0.1) is 20.8 Å². The van der Waals surface area contributed by atoms with Gasteiger partial charge in [-0.15, -0.1) is 0 Å². The van der Waals surface area contributed by atoms with E-state index in [0.717, 1.165) is 0 Å². The van der Waals surface area contributed by atoms with E-state index in [-0.39, 0.29) is 0 Å². The van der Waals surface area contributed by atoms with Gasteiger partial charge in [0, 0.05) is 12.1 Å². The van der Waals surface area contributed by atoms with E-state index in [1.807, 2.05) is 0 Å². The third-order valence-corrected chi connectivity index (χ3v) is 3.79. The van der Waals surface area contributed by atoms with Gasteiger partial charge in [-0.25, -0.2) is 0 Å². The summed E-state index contributed by atoms with van der Waals surface area (Å²) in [6.45, 7) is 13.5. The number of nitrogens with one attached hydrogen (secondary N) is 1. The zero-order valence-electron chi connectivity index (χ0n) is 12.9. The molecule has 0 saturated carbocycles. The van der Waals surface area contributed by atoms with Gasteiger partial charge in [-0.05, 0) is 57.2 Å². The first-order chi connectivity index (χ1) is 8.49. The Labute approximate surface area is 113 Å². The molecule has 0 aromatic heterocycles. The molecule has 0 heterocycles. The van der Waals surface area contributed by atoms with Gasteiger partial charge < -0.3 is 5.32 Å². The second kappa shape index (κ2) is 6.94. The van der Waals surface area contributed by atoms with Crippen LogP contribution in [0.15, 0.2) is 12.1 Å². The molecule has 0 aliphatic heterocycles. The van der Waals surface area contributed by atoms with Crippen LogP contribution in [0.2, 0.25) is 0 Å². The van der Waals surface area contributed by atoms with Crippen LogP contribution in [0.25, 0.3) is 0 Å². The van der Waals surface area contributed by atoms with E-state index in [1.54, 1.807) is 0 Å². The molecule has 0 spiro atoms. The van der Waals surface area contributed by atoms with E-state index < -0.39 is 0 Å². The molecule has 18 heavy (non-hydrogen) atoms. The van der Waals surface area contributed by atoms with Gasteiger partial charge in [-0.1, -0.05) is 38.0 Å². The summed E-state index contributed by atoms with van der Waals surface area (Å²) in [5.74, 6) is 0.